The van der Waals surface area contributed by atoms with E-state index in [0.29, 0.717) is 6.79 Å². The predicted molar refractivity (Wildman–Crippen MR) is 62.8 cm³/mol. The van der Waals surface area contributed by atoms with Crippen LogP contribution < -0.4 is 0 Å². The predicted octanol–water partition coefficient (Wildman–Crippen LogP) is 3.60. The van der Waals surface area contributed by atoms with E-state index in [2.05, 4.69) is 6.92 Å². The van der Waals surface area contributed by atoms with Crippen molar-refractivity contribution in [1.82, 2.24) is 0 Å². The molecule has 1 aliphatic rings. The SMILES string of the molecule is CCCCC1CCC(COCOC)CC1. The Balaban J connectivity index is 2.02. The van der Waals surface area contributed by atoms with Gasteiger partial charge in [0.2, 0.25) is 0 Å². The van der Waals surface area contributed by atoms with E-state index in [1.54, 1.807) is 7.11 Å². The molecule has 0 spiro atoms. The fourth-order valence-electron chi connectivity index (χ4n) is 2.48. The van der Waals surface area contributed by atoms with Gasteiger partial charge in [-0.1, -0.05) is 39.0 Å². The molecule has 0 heterocycles. The van der Waals surface area contributed by atoms with Crippen molar-refractivity contribution in [3.8, 4) is 0 Å². The Kier molecular flexibility index (Phi) is 7.03. The highest BCUT2D eigenvalue weighted by Gasteiger charge is 2.20. The molecule has 1 fully saturated rings. The molecule has 2 heteroatoms. The number of methoxy groups -OCH3 is 1. The van der Waals surface area contributed by atoms with Gasteiger partial charge >= 0.3 is 0 Å². The first-order valence-corrected chi connectivity index (χ1v) is 6.43. The van der Waals surface area contributed by atoms with Crippen molar-refractivity contribution in [2.24, 2.45) is 11.8 Å². The lowest BCUT2D eigenvalue weighted by molar-refractivity contribution is -0.0486. The van der Waals surface area contributed by atoms with Crippen molar-refractivity contribution in [3.05, 3.63) is 0 Å². The third kappa shape index (κ3) is 5.53. The van der Waals surface area contributed by atoms with Gasteiger partial charge in [-0.2, -0.15) is 0 Å². The minimum Gasteiger partial charge on any atom is -0.359 e. The first kappa shape index (κ1) is 13.0. The lowest BCUT2D eigenvalue weighted by Crippen LogP contribution is -2.19. The summed E-state index contributed by atoms with van der Waals surface area (Å²) in [5.74, 6) is 1.79. The molecule has 1 aliphatic carbocycles. The smallest absolute Gasteiger partial charge is 0.146 e. The van der Waals surface area contributed by atoms with Crippen molar-refractivity contribution in [2.75, 3.05) is 20.5 Å². The molecule has 0 unspecified atom stereocenters. The number of rotatable bonds is 7. The highest BCUT2D eigenvalue weighted by atomic mass is 16.7. The summed E-state index contributed by atoms with van der Waals surface area (Å²) in [7, 11) is 1.68. The summed E-state index contributed by atoms with van der Waals surface area (Å²) in [5.41, 5.74) is 0. The first-order valence-electron chi connectivity index (χ1n) is 6.43. The van der Waals surface area contributed by atoms with Crippen LogP contribution in [0.5, 0.6) is 0 Å². The monoisotopic (exact) mass is 214 g/mol. The van der Waals surface area contributed by atoms with Crippen molar-refractivity contribution >= 4 is 0 Å². The Morgan fingerprint density at radius 3 is 2.33 bits per heavy atom. The highest BCUT2D eigenvalue weighted by molar-refractivity contribution is 4.72. The average Bonchev–Trinajstić information content (AvgIpc) is 2.28. The van der Waals surface area contributed by atoms with Crippen molar-refractivity contribution in [2.45, 2.75) is 51.9 Å². The minimum absolute atomic E-state index is 0.454. The van der Waals surface area contributed by atoms with Crippen LogP contribution in [0, 0.1) is 11.8 Å². The molecule has 0 aromatic heterocycles. The molecule has 0 radical (unpaired) electrons. The highest BCUT2D eigenvalue weighted by Crippen LogP contribution is 2.31. The van der Waals surface area contributed by atoms with Crippen molar-refractivity contribution in [1.29, 1.82) is 0 Å². The van der Waals surface area contributed by atoms with Gasteiger partial charge in [0, 0.05) is 7.11 Å². The topological polar surface area (TPSA) is 18.5 Å². The van der Waals surface area contributed by atoms with E-state index < -0.39 is 0 Å². The van der Waals surface area contributed by atoms with Gasteiger partial charge < -0.3 is 9.47 Å². The lowest BCUT2D eigenvalue weighted by Gasteiger charge is -2.28. The normalized spacial score (nSPS) is 26.8. The molecule has 0 aromatic carbocycles. The van der Waals surface area contributed by atoms with Crippen LogP contribution in [0.3, 0.4) is 0 Å². The fourth-order valence-corrected chi connectivity index (χ4v) is 2.48. The Morgan fingerprint density at radius 1 is 1.07 bits per heavy atom. The molecule has 0 atom stereocenters. The van der Waals surface area contributed by atoms with Crippen LogP contribution >= 0.6 is 0 Å². The maximum Gasteiger partial charge on any atom is 0.146 e. The molecule has 15 heavy (non-hydrogen) atoms. The molecule has 1 rings (SSSR count). The molecular formula is C13H26O2. The average molecular weight is 214 g/mol. The molecule has 0 aliphatic heterocycles. The van der Waals surface area contributed by atoms with Gasteiger partial charge in [0.05, 0.1) is 6.61 Å². The molecule has 90 valence electrons. The third-order valence-corrected chi connectivity index (χ3v) is 3.49. The first-order chi connectivity index (χ1) is 7.36. The lowest BCUT2D eigenvalue weighted by atomic mass is 9.80. The molecule has 0 amide bonds. The van der Waals surface area contributed by atoms with Crippen LogP contribution in [-0.4, -0.2) is 20.5 Å². The number of hydrogen-bond donors (Lipinski definition) is 0. The third-order valence-electron chi connectivity index (χ3n) is 3.49. The summed E-state index contributed by atoms with van der Waals surface area (Å²) in [6, 6.07) is 0. The van der Waals surface area contributed by atoms with Crippen LogP contribution in [0.1, 0.15) is 51.9 Å². The van der Waals surface area contributed by atoms with Gasteiger partial charge in [-0.3, -0.25) is 0 Å². The maximum atomic E-state index is 5.42. The Bertz CT molecular complexity index is 139. The molecule has 0 aromatic rings. The van der Waals surface area contributed by atoms with E-state index in [1.165, 1.54) is 44.9 Å². The largest absolute Gasteiger partial charge is 0.359 e. The molecular weight excluding hydrogens is 188 g/mol. The van der Waals surface area contributed by atoms with E-state index in [0.717, 1.165) is 18.4 Å². The number of unbranched alkanes of at least 4 members (excludes halogenated alkanes) is 1. The van der Waals surface area contributed by atoms with Crippen molar-refractivity contribution in [3.63, 3.8) is 0 Å². The van der Waals surface area contributed by atoms with Crippen LogP contribution in [0.4, 0.5) is 0 Å². The maximum absolute atomic E-state index is 5.42. The number of ether oxygens (including phenoxy) is 2. The van der Waals surface area contributed by atoms with Gasteiger partial charge in [0.15, 0.2) is 0 Å². The zero-order chi connectivity index (χ0) is 10.9. The Labute approximate surface area is 94.3 Å². The molecule has 1 saturated carbocycles. The summed E-state index contributed by atoms with van der Waals surface area (Å²) < 4.78 is 10.3. The Morgan fingerprint density at radius 2 is 1.73 bits per heavy atom. The van der Waals surface area contributed by atoms with Crippen molar-refractivity contribution < 1.29 is 9.47 Å². The summed E-state index contributed by atoms with van der Waals surface area (Å²) in [4.78, 5) is 0. The van der Waals surface area contributed by atoms with E-state index in [1.807, 2.05) is 0 Å². The van der Waals surface area contributed by atoms with E-state index in [9.17, 15) is 0 Å². The van der Waals surface area contributed by atoms with Gasteiger partial charge in [0.25, 0.3) is 0 Å². The van der Waals surface area contributed by atoms with Crippen LogP contribution in [0.2, 0.25) is 0 Å². The number of hydrogen-bond acceptors (Lipinski definition) is 2. The second-order valence-corrected chi connectivity index (χ2v) is 4.81. The van der Waals surface area contributed by atoms with Gasteiger partial charge in [0.1, 0.15) is 6.79 Å². The molecule has 0 N–H and O–H groups in total. The molecule has 2 nitrogen and oxygen atoms in total. The quantitative estimate of drug-likeness (QED) is 0.476. The van der Waals surface area contributed by atoms with E-state index in [4.69, 9.17) is 9.47 Å². The van der Waals surface area contributed by atoms with Crippen LogP contribution in [0.15, 0.2) is 0 Å². The second-order valence-electron chi connectivity index (χ2n) is 4.81. The van der Waals surface area contributed by atoms with Gasteiger partial charge in [-0.05, 0) is 24.7 Å². The standard InChI is InChI=1S/C13H26O2/c1-3-4-5-12-6-8-13(9-7-12)10-15-11-14-2/h12-13H,3-11H2,1-2H3. The van der Waals surface area contributed by atoms with Crippen LogP contribution in [0.25, 0.3) is 0 Å². The summed E-state index contributed by atoms with van der Waals surface area (Å²) in [6.45, 7) is 3.63. The van der Waals surface area contributed by atoms with Crippen LogP contribution in [-0.2, 0) is 9.47 Å². The fraction of sp³-hybridized carbons (Fsp3) is 1.00. The minimum atomic E-state index is 0.454. The summed E-state index contributed by atoms with van der Waals surface area (Å²) >= 11 is 0. The zero-order valence-electron chi connectivity index (χ0n) is 10.3. The molecule has 0 saturated heterocycles. The second kappa shape index (κ2) is 8.12. The zero-order valence-corrected chi connectivity index (χ0v) is 10.3. The summed E-state index contributed by atoms with van der Waals surface area (Å²) in [6.07, 6.45) is 9.76. The van der Waals surface area contributed by atoms with Gasteiger partial charge in [-0.25, -0.2) is 0 Å². The molecule has 0 bridgehead atoms. The Hall–Kier alpha value is -0.0800. The summed E-state index contributed by atoms with van der Waals surface area (Å²) in [5, 5.41) is 0. The van der Waals surface area contributed by atoms with Gasteiger partial charge in [-0.15, -0.1) is 0 Å². The van der Waals surface area contributed by atoms with E-state index >= 15 is 0 Å². The van der Waals surface area contributed by atoms with E-state index in [-0.39, 0.29) is 0 Å².